The van der Waals surface area contributed by atoms with Gasteiger partial charge in [-0.2, -0.15) is 0 Å². The molecule has 0 radical (unpaired) electrons. The summed E-state index contributed by atoms with van der Waals surface area (Å²) in [7, 11) is 0.648. The van der Waals surface area contributed by atoms with Crippen molar-refractivity contribution in [3.8, 4) is 0 Å². The van der Waals surface area contributed by atoms with Crippen molar-refractivity contribution in [2.24, 2.45) is 0 Å². The summed E-state index contributed by atoms with van der Waals surface area (Å²) in [6.45, 7) is 0. The Balaban J connectivity index is 2.47. The fraction of sp³-hybridized carbons (Fsp3) is 0. The number of hydrogen-bond donors (Lipinski definition) is 2. The second kappa shape index (κ2) is 2.24. The molecule has 0 spiro atoms. The van der Waals surface area contributed by atoms with Crippen molar-refractivity contribution in [1.29, 1.82) is 0 Å². The van der Waals surface area contributed by atoms with E-state index in [1.807, 2.05) is 12.0 Å². The van der Waals surface area contributed by atoms with Crippen LogP contribution in [0, 0.1) is 0 Å². The van der Waals surface area contributed by atoms with Gasteiger partial charge in [0.05, 0.1) is 0 Å². The summed E-state index contributed by atoms with van der Waals surface area (Å²) in [5.74, 6) is 2.00. The van der Waals surface area contributed by atoms with Crippen molar-refractivity contribution in [3.05, 3.63) is 12.0 Å². The molecule has 1 rings (SSSR count). The highest BCUT2D eigenvalue weighted by molar-refractivity contribution is 7.80. The van der Waals surface area contributed by atoms with Crippen LogP contribution in [0.5, 0.6) is 0 Å². The van der Waals surface area contributed by atoms with Gasteiger partial charge in [-0.3, -0.25) is 0 Å². The molecular weight excluding hydrogens is 127 g/mol. The molecule has 2 nitrogen and oxygen atoms in total. The van der Waals surface area contributed by atoms with E-state index in [4.69, 9.17) is 12.2 Å². The monoisotopic (exact) mass is 132 g/mol. The molecule has 0 fully saturated rings. The van der Waals surface area contributed by atoms with E-state index in [0.29, 0.717) is 8.73 Å². The van der Waals surface area contributed by atoms with Gasteiger partial charge in [0, 0.05) is 14.9 Å². The predicted molar refractivity (Wildman–Crippen MR) is 36.3 cm³/mol. The second-order valence-electron chi connectivity index (χ2n) is 1.08. The quantitative estimate of drug-likeness (QED) is 0.371. The number of nitrogens with one attached hydrogen (secondary N) is 2. The second-order valence-corrected chi connectivity index (χ2v) is 2.36. The Morgan fingerprint density at radius 2 is 2.57 bits per heavy atom. The molecule has 0 bridgehead atoms. The molecule has 0 aromatic heterocycles. The molecule has 0 aromatic rings. The fourth-order valence-corrected chi connectivity index (χ4v) is 1.00. The first-order valence-corrected chi connectivity index (χ1v) is 3.35. The minimum Gasteiger partial charge on any atom is -0.341 e. The number of thiocarbonyl (C=S) groups is 1. The first-order chi connectivity index (χ1) is 3.39. The van der Waals surface area contributed by atoms with Gasteiger partial charge in [0.2, 0.25) is 0 Å². The highest BCUT2D eigenvalue weighted by Gasteiger charge is 1.91. The van der Waals surface area contributed by atoms with Gasteiger partial charge in [0.1, 0.15) is 0 Å². The third kappa shape index (κ3) is 1.41. The Labute approximate surface area is 49.2 Å². The van der Waals surface area contributed by atoms with Crippen LogP contribution in [-0.4, -0.2) is 5.11 Å². The fourth-order valence-electron chi connectivity index (χ4n) is 0.302. The van der Waals surface area contributed by atoms with Crippen molar-refractivity contribution in [1.82, 2.24) is 10.4 Å². The Morgan fingerprint density at radius 1 is 1.71 bits per heavy atom. The lowest BCUT2D eigenvalue weighted by Crippen LogP contribution is -2.27. The molecule has 4 heteroatoms. The smallest absolute Gasteiger partial charge is 0.173 e. The Bertz CT molecular complexity index is 112. The third-order valence-electron chi connectivity index (χ3n) is 0.567. The first kappa shape index (κ1) is 5.01. The normalized spacial score (nSPS) is 21.4. The lowest BCUT2D eigenvalue weighted by atomic mass is 10.9. The maximum absolute atomic E-state index is 4.74. The predicted octanol–water partition coefficient (Wildman–Crippen LogP) is 0.529. The number of rotatable bonds is 0. The van der Waals surface area contributed by atoms with Crippen molar-refractivity contribution >= 4 is 26.1 Å². The van der Waals surface area contributed by atoms with Gasteiger partial charge in [-0.1, -0.05) is 0 Å². The van der Waals surface area contributed by atoms with Crippen LogP contribution in [0.4, 0.5) is 0 Å². The first-order valence-electron chi connectivity index (χ1n) is 1.86. The van der Waals surface area contributed by atoms with E-state index < -0.39 is 0 Å². The highest BCUT2D eigenvalue weighted by Crippen LogP contribution is 2.05. The topological polar surface area (TPSA) is 24.1 Å². The van der Waals surface area contributed by atoms with Crippen LogP contribution < -0.4 is 10.4 Å². The van der Waals surface area contributed by atoms with Gasteiger partial charge in [-0.05, 0) is 18.0 Å². The molecule has 38 valence electrons. The highest BCUT2D eigenvalue weighted by atomic mass is 32.1. The van der Waals surface area contributed by atoms with Gasteiger partial charge in [-0.25, -0.2) is 0 Å². The SMILES string of the molecule is S=C1NC=CPN1. The van der Waals surface area contributed by atoms with Crippen LogP contribution >= 0.6 is 20.9 Å². The summed E-state index contributed by atoms with van der Waals surface area (Å²) in [5.41, 5.74) is 0. The number of hydrogen-bond acceptors (Lipinski definition) is 1. The van der Waals surface area contributed by atoms with E-state index in [0.717, 1.165) is 5.11 Å². The molecule has 0 saturated heterocycles. The molecule has 1 aliphatic heterocycles. The van der Waals surface area contributed by atoms with Gasteiger partial charge < -0.3 is 10.4 Å². The van der Waals surface area contributed by atoms with E-state index in [1.54, 1.807) is 0 Å². The summed E-state index contributed by atoms with van der Waals surface area (Å²) in [6.07, 6.45) is 1.84. The Kier molecular flexibility index (Phi) is 1.60. The Hall–Kier alpha value is -0.140. The summed E-state index contributed by atoms with van der Waals surface area (Å²) < 4.78 is 0. The van der Waals surface area contributed by atoms with Gasteiger partial charge in [0.25, 0.3) is 0 Å². The van der Waals surface area contributed by atoms with E-state index in [1.165, 1.54) is 0 Å². The van der Waals surface area contributed by atoms with Crippen molar-refractivity contribution < 1.29 is 0 Å². The minimum atomic E-state index is 0.648. The maximum atomic E-state index is 4.74. The van der Waals surface area contributed by atoms with Crippen LogP contribution in [0.1, 0.15) is 0 Å². The summed E-state index contributed by atoms with van der Waals surface area (Å²) >= 11 is 4.74. The van der Waals surface area contributed by atoms with E-state index in [2.05, 4.69) is 10.4 Å². The van der Waals surface area contributed by atoms with E-state index in [-0.39, 0.29) is 0 Å². The summed E-state index contributed by atoms with van der Waals surface area (Å²) in [4.78, 5) is 0. The molecule has 1 heterocycles. The van der Waals surface area contributed by atoms with Gasteiger partial charge >= 0.3 is 0 Å². The zero-order chi connectivity index (χ0) is 5.11. The molecule has 0 aromatic carbocycles. The van der Waals surface area contributed by atoms with Crippen molar-refractivity contribution in [2.75, 3.05) is 0 Å². The molecule has 0 saturated carbocycles. The van der Waals surface area contributed by atoms with Crippen LogP contribution in [0.25, 0.3) is 0 Å². The molecule has 1 atom stereocenters. The van der Waals surface area contributed by atoms with Crippen LogP contribution in [0.2, 0.25) is 0 Å². The Morgan fingerprint density at radius 3 is 2.86 bits per heavy atom. The molecule has 7 heavy (non-hydrogen) atoms. The van der Waals surface area contributed by atoms with E-state index >= 15 is 0 Å². The molecule has 1 aliphatic rings. The van der Waals surface area contributed by atoms with Gasteiger partial charge in [-0.15, -0.1) is 0 Å². The molecule has 1 unspecified atom stereocenters. The average Bonchev–Trinajstić information content (AvgIpc) is 1.69. The molecule has 0 amide bonds. The average molecular weight is 132 g/mol. The largest absolute Gasteiger partial charge is 0.341 e. The molecule has 2 N–H and O–H groups in total. The van der Waals surface area contributed by atoms with Crippen LogP contribution in [-0.2, 0) is 0 Å². The summed E-state index contributed by atoms with van der Waals surface area (Å²) in [5, 5.41) is 6.49. The van der Waals surface area contributed by atoms with Crippen LogP contribution in [0.3, 0.4) is 0 Å². The van der Waals surface area contributed by atoms with Gasteiger partial charge in [0.15, 0.2) is 5.11 Å². The van der Waals surface area contributed by atoms with Crippen molar-refractivity contribution in [3.63, 3.8) is 0 Å². The van der Waals surface area contributed by atoms with Crippen LogP contribution in [0.15, 0.2) is 12.0 Å². The van der Waals surface area contributed by atoms with E-state index in [9.17, 15) is 0 Å². The lowest BCUT2D eigenvalue weighted by Gasteiger charge is -2.07. The minimum absolute atomic E-state index is 0.648. The van der Waals surface area contributed by atoms with Crippen molar-refractivity contribution in [2.45, 2.75) is 0 Å². The molecular formula is C3H5N2PS. The zero-order valence-electron chi connectivity index (χ0n) is 3.56. The maximum Gasteiger partial charge on any atom is 0.173 e. The summed E-state index contributed by atoms with van der Waals surface area (Å²) in [6, 6.07) is 0. The lowest BCUT2D eigenvalue weighted by molar-refractivity contribution is 1.23. The molecule has 0 aliphatic carbocycles. The third-order valence-corrected chi connectivity index (χ3v) is 1.70. The standard InChI is InChI=1S/C3H5N2PS/c7-3-4-1-2-6-5-3/h1-2,6H,(H2,4,5,7). The zero-order valence-corrected chi connectivity index (χ0v) is 5.38.